The van der Waals surface area contributed by atoms with Crippen LogP contribution in [0.15, 0.2) is 66.0 Å². The van der Waals surface area contributed by atoms with Crippen LogP contribution in [0.2, 0.25) is 0 Å². The number of aryl methyl sites for hydroxylation is 1. The van der Waals surface area contributed by atoms with Crippen LogP contribution in [0.25, 0.3) is 21.5 Å². The highest BCUT2D eigenvalue weighted by Crippen LogP contribution is 2.29. The number of thiophene rings is 1. The lowest BCUT2D eigenvalue weighted by Gasteiger charge is -2.29. The fourth-order valence-corrected chi connectivity index (χ4v) is 4.56. The van der Waals surface area contributed by atoms with E-state index in [1.165, 1.54) is 0 Å². The molecule has 31 heavy (non-hydrogen) atoms. The maximum Gasteiger partial charge on any atom is 0.256 e. The van der Waals surface area contributed by atoms with E-state index in [4.69, 9.17) is 9.72 Å². The number of morpholine rings is 1. The molecule has 0 radical (unpaired) electrons. The number of amides is 1. The van der Waals surface area contributed by atoms with Gasteiger partial charge in [-0.3, -0.25) is 4.79 Å². The van der Waals surface area contributed by atoms with E-state index in [9.17, 15) is 4.79 Å². The number of hydrogen-bond donors (Lipinski definition) is 1. The third-order valence-corrected chi connectivity index (χ3v) is 6.36. The smallest absolute Gasteiger partial charge is 0.256 e. The molecular weight excluding hydrogens is 406 g/mol. The van der Waals surface area contributed by atoms with Gasteiger partial charge in [0.25, 0.3) is 5.91 Å². The predicted octanol–water partition coefficient (Wildman–Crippen LogP) is 5.36. The Morgan fingerprint density at radius 3 is 2.74 bits per heavy atom. The second kappa shape index (κ2) is 8.49. The fraction of sp³-hybridized carbons (Fsp3) is 0.200. The summed E-state index contributed by atoms with van der Waals surface area (Å²) in [5.41, 5.74) is 5.25. The molecule has 1 aliphatic rings. The first-order chi connectivity index (χ1) is 15.2. The minimum absolute atomic E-state index is 0.130. The Kier molecular flexibility index (Phi) is 5.40. The number of fused-ring (bicyclic) bond motifs is 1. The summed E-state index contributed by atoms with van der Waals surface area (Å²) in [6, 6.07) is 20.0. The lowest BCUT2D eigenvalue weighted by atomic mass is 10.0. The van der Waals surface area contributed by atoms with E-state index in [0.717, 1.165) is 64.7 Å². The zero-order valence-corrected chi connectivity index (χ0v) is 18.1. The van der Waals surface area contributed by atoms with E-state index in [-0.39, 0.29) is 5.91 Å². The summed E-state index contributed by atoms with van der Waals surface area (Å²) in [7, 11) is 0. The number of ether oxygens (including phenoxy) is 1. The monoisotopic (exact) mass is 429 g/mol. The van der Waals surface area contributed by atoms with Crippen molar-refractivity contribution in [3.8, 4) is 10.6 Å². The van der Waals surface area contributed by atoms with Crippen molar-refractivity contribution >= 4 is 39.5 Å². The standard InChI is InChI=1S/C25H23N3O2S/c1-17-7-8-22-20(14-17)21(16-23(27-22)24-6-3-13-31-24)25(29)26-18-4-2-5-19(15-18)28-9-11-30-12-10-28/h2-8,13-16H,9-12H2,1H3,(H,26,29). The van der Waals surface area contributed by atoms with Gasteiger partial charge in [0, 0.05) is 29.9 Å². The molecule has 2 aromatic heterocycles. The number of hydrogen-bond acceptors (Lipinski definition) is 5. The number of anilines is 2. The van der Waals surface area contributed by atoms with E-state index in [2.05, 4.69) is 16.3 Å². The highest BCUT2D eigenvalue weighted by Gasteiger charge is 2.16. The quantitative estimate of drug-likeness (QED) is 0.474. The molecular formula is C25H23N3O2S. The Morgan fingerprint density at radius 2 is 1.94 bits per heavy atom. The van der Waals surface area contributed by atoms with Crippen molar-refractivity contribution in [2.24, 2.45) is 0 Å². The highest BCUT2D eigenvalue weighted by atomic mass is 32.1. The van der Waals surface area contributed by atoms with Crippen LogP contribution in [-0.4, -0.2) is 37.2 Å². The van der Waals surface area contributed by atoms with Gasteiger partial charge in [0.1, 0.15) is 0 Å². The molecule has 2 aromatic carbocycles. The van der Waals surface area contributed by atoms with Gasteiger partial charge < -0.3 is 15.0 Å². The molecule has 6 heteroatoms. The number of benzene rings is 2. The summed E-state index contributed by atoms with van der Waals surface area (Å²) in [6.45, 7) is 5.20. The molecule has 1 fully saturated rings. The van der Waals surface area contributed by atoms with Gasteiger partial charge in [-0.2, -0.15) is 0 Å². The van der Waals surface area contributed by atoms with Crippen molar-refractivity contribution < 1.29 is 9.53 Å². The second-order valence-electron chi connectivity index (χ2n) is 7.66. The zero-order valence-electron chi connectivity index (χ0n) is 17.3. The summed E-state index contributed by atoms with van der Waals surface area (Å²) in [5, 5.41) is 5.98. The Bertz CT molecular complexity index is 1230. The number of carbonyl (C=O) groups excluding carboxylic acids is 1. The predicted molar refractivity (Wildman–Crippen MR) is 127 cm³/mol. The van der Waals surface area contributed by atoms with Crippen molar-refractivity contribution in [2.75, 3.05) is 36.5 Å². The normalized spacial score (nSPS) is 14.0. The van der Waals surface area contributed by atoms with Crippen LogP contribution in [0, 0.1) is 6.92 Å². The highest BCUT2D eigenvalue weighted by molar-refractivity contribution is 7.13. The maximum absolute atomic E-state index is 13.4. The molecule has 5 nitrogen and oxygen atoms in total. The Hall–Kier alpha value is -3.22. The van der Waals surface area contributed by atoms with Gasteiger partial charge in [-0.25, -0.2) is 4.98 Å². The van der Waals surface area contributed by atoms with Crippen LogP contribution in [0.3, 0.4) is 0 Å². The maximum atomic E-state index is 13.4. The molecule has 4 aromatic rings. The van der Waals surface area contributed by atoms with Gasteiger partial charge in [0.2, 0.25) is 0 Å². The van der Waals surface area contributed by atoms with E-state index < -0.39 is 0 Å². The number of nitrogens with zero attached hydrogens (tertiary/aromatic N) is 2. The van der Waals surface area contributed by atoms with Crippen LogP contribution >= 0.6 is 11.3 Å². The SMILES string of the molecule is Cc1ccc2nc(-c3cccs3)cc(C(=O)Nc3cccc(N4CCOCC4)c3)c2c1. The fourth-order valence-electron chi connectivity index (χ4n) is 3.88. The van der Waals surface area contributed by atoms with Crippen molar-refractivity contribution in [3.05, 3.63) is 77.2 Å². The van der Waals surface area contributed by atoms with Crippen LogP contribution in [0.1, 0.15) is 15.9 Å². The zero-order chi connectivity index (χ0) is 21.2. The van der Waals surface area contributed by atoms with Crippen molar-refractivity contribution in [1.29, 1.82) is 0 Å². The molecule has 0 spiro atoms. The minimum atomic E-state index is -0.130. The van der Waals surface area contributed by atoms with Crippen LogP contribution < -0.4 is 10.2 Å². The van der Waals surface area contributed by atoms with Crippen LogP contribution in [0.5, 0.6) is 0 Å². The molecule has 0 aliphatic carbocycles. The van der Waals surface area contributed by atoms with E-state index in [1.807, 2.05) is 66.9 Å². The first kappa shape index (κ1) is 19.7. The number of aromatic nitrogens is 1. The van der Waals surface area contributed by atoms with Gasteiger partial charge in [0.15, 0.2) is 0 Å². The summed E-state index contributed by atoms with van der Waals surface area (Å²) in [6.07, 6.45) is 0. The molecule has 3 heterocycles. The average molecular weight is 430 g/mol. The Balaban J connectivity index is 1.50. The molecule has 1 aliphatic heterocycles. The minimum Gasteiger partial charge on any atom is -0.378 e. The van der Waals surface area contributed by atoms with Gasteiger partial charge in [-0.1, -0.05) is 23.8 Å². The third-order valence-electron chi connectivity index (χ3n) is 5.46. The van der Waals surface area contributed by atoms with Crippen molar-refractivity contribution in [2.45, 2.75) is 6.92 Å². The molecule has 1 saturated heterocycles. The molecule has 156 valence electrons. The third kappa shape index (κ3) is 4.17. The summed E-state index contributed by atoms with van der Waals surface area (Å²) in [5.74, 6) is -0.130. The second-order valence-corrected chi connectivity index (χ2v) is 8.60. The molecule has 0 bridgehead atoms. The number of pyridine rings is 1. The topological polar surface area (TPSA) is 54.5 Å². The van der Waals surface area contributed by atoms with E-state index in [1.54, 1.807) is 11.3 Å². The van der Waals surface area contributed by atoms with Gasteiger partial charge >= 0.3 is 0 Å². The van der Waals surface area contributed by atoms with Crippen LogP contribution in [0.4, 0.5) is 11.4 Å². The number of rotatable bonds is 4. The molecule has 5 rings (SSSR count). The lowest BCUT2D eigenvalue weighted by molar-refractivity contribution is 0.102. The van der Waals surface area contributed by atoms with Crippen molar-refractivity contribution in [3.63, 3.8) is 0 Å². The Labute approximate surface area is 185 Å². The van der Waals surface area contributed by atoms with Crippen molar-refractivity contribution in [1.82, 2.24) is 4.98 Å². The van der Waals surface area contributed by atoms with Gasteiger partial charge in [0.05, 0.1) is 34.9 Å². The van der Waals surface area contributed by atoms with Crippen LogP contribution in [-0.2, 0) is 4.74 Å². The first-order valence-electron chi connectivity index (χ1n) is 10.4. The summed E-state index contributed by atoms with van der Waals surface area (Å²) < 4.78 is 5.45. The molecule has 0 saturated carbocycles. The number of carbonyl (C=O) groups is 1. The summed E-state index contributed by atoms with van der Waals surface area (Å²) >= 11 is 1.62. The van der Waals surface area contributed by atoms with E-state index >= 15 is 0 Å². The number of nitrogens with one attached hydrogen (secondary N) is 1. The molecule has 1 N–H and O–H groups in total. The van der Waals surface area contributed by atoms with E-state index in [0.29, 0.717) is 5.56 Å². The first-order valence-corrected chi connectivity index (χ1v) is 11.2. The largest absolute Gasteiger partial charge is 0.378 e. The average Bonchev–Trinajstić information content (AvgIpc) is 3.34. The van der Waals surface area contributed by atoms with Gasteiger partial charge in [-0.05, 0) is 54.8 Å². The lowest BCUT2D eigenvalue weighted by Crippen LogP contribution is -2.36. The Morgan fingerprint density at radius 1 is 1.06 bits per heavy atom. The molecule has 0 atom stereocenters. The molecule has 0 unspecified atom stereocenters. The molecule has 1 amide bonds. The van der Waals surface area contributed by atoms with Gasteiger partial charge in [-0.15, -0.1) is 11.3 Å². The summed E-state index contributed by atoms with van der Waals surface area (Å²) in [4.78, 5) is 21.5.